The van der Waals surface area contributed by atoms with Crippen molar-refractivity contribution in [1.82, 2.24) is 10.0 Å². The van der Waals surface area contributed by atoms with Gasteiger partial charge in [0.2, 0.25) is 10.0 Å². The molecule has 0 heterocycles. The van der Waals surface area contributed by atoms with Gasteiger partial charge in [0.05, 0.1) is 10.5 Å². The van der Waals surface area contributed by atoms with Crippen LogP contribution in [0.4, 0.5) is 13.2 Å². The first-order valence-electron chi connectivity index (χ1n) is 7.09. The Morgan fingerprint density at radius 3 is 2.52 bits per heavy atom. The Hall–Kier alpha value is -2.14. The summed E-state index contributed by atoms with van der Waals surface area (Å²) in [5.74, 6) is -1.18. The van der Waals surface area contributed by atoms with E-state index in [2.05, 4.69) is 14.8 Å². The number of ether oxygens (including phenoxy) is 1. The SMILES string of the molecule is CNC(=O)COC(=O)CCCNS(=O)(=O)c1cccc(C(F)(F)F)c1. The molecule has 140 valence electrons. The molecule has 0 spiro atoms. The Bertz CT molecular complexity index is 719. The topological polar surface area (TPSA) is 102 Å². The van der Waals surface area contributed by atoms with Crippen LogP contribution in [0.1, 0.15) is 18.4 Å². The number of halogens is 3. The van der Waals surface area contributed by atoms with Crippen LogP contribution in [0.3, 0.4) is 0 Å². The molecule has 0 radical (unpaired) electrons. The number of sulfonamides is 1. The number of carbonyl (C=O) groups is 2. The lowest BCUT2D eigenvalue weighted by Crippen LogP contribution is -2.27. The highest BCUT2D eigenvalue weighted by Crippen LogP contribution is 2.30. The quantitative estimate of drug-likeness (QED) is 0.517. The van der Waals surface area contributed by atoms with Crippen molar-refractivity contribution in [3.05, 3.63) is 29.8 Å². The Kier molecular flexibility index (Phi) is 7.37. The molecule has 0 bridgehead atoms. The van der Waals surface area contributed by atoms with Gasteiger partial charge in [-0.2, -0.15) is 13.2 Å². The summed E-state index contributed by atoms with van der Waals surface area (Å²) in [5, 5.41) is 2.25. The van der Waals surface area contributed by atoms with Gasteiger partial charge in [0, 0.05) is 20.0 Å². The number of rotatable bonds is 8. The standard InChI is InChI=1S/C14H17F3N2O5S/c1-18-12(20)9-24-13(21)6-3-7-19-25(22,23)11-5-2-4-10(8-11)14(15,16)17/h2,4-5,8,19H,3,6-7,9H2,1H3,(H,18,20). The number of alkyl halides is 3. The van der Waals surface area contributed by atoms with Crippen molar-refractivity contribution in [3.8, 4) is 0 Å². The lowest BCUT2D eigenvalue weighted by atomic mass is 10.2. The van der Waals surface area contributed by atoms with Crippen molar-refractivity contribution in [2.75, 3.05) is 20.2 Å². The highest BCUT2D eigenvalue weighted by Gasteiger charge is 2.31. The molecule has 25 heavy (non-hydrogen) atoms. The van der Waals surface area contributed by atoms with Crippen molar-refractivity contribution >= 4 is 21.9 Å². The van der Waals surface area contributed by atoms with Crippen LogP contribution in [-0.2, 0) is 30.5 Å². The minimum absolute atomic E-state index is 0.0603. The highest BCUT2D eigenvalue weighted by atomic mass is 32.2. The number of nitrogens with one attached hydrogen (secondary N) is 2. The summed E-state index contributed by atoms with van der Waals surface area (Å²) in [6.07, 6.45) is -4.74. The minimum atomic E-state index is -4.65. The summed E-state index contributed by atoms with van der Waals surface area (Å²) in [5.41, 5.74) is -1.08. The third-order valence-corrected chi connectivity index (χ3v) is 4.42. The number of likely N-dealkylation sites (N-methyl/N-ethyl adjacent to an activating group) is 1. The number of amides is 1. The van der Waals surface area contributed by atoms with Gasteiger partial charge >= 0.3 is 12.1 Å². The molecule has 0 aliphatic rings. The Morgan fingerprint density at radius 1 is 1.24 bits per heavy atom. The molecule has 0 saturated carbocycles. The molecule has 0 aliphatic heterocycles. The Morgan fingerprint density at radius 2 is 1.92 bits per heavy atom. The fourth-order valence-corrected chi connectivity index (χ4v) is 2.77. The van der Waals surface area contributed by atoms with Crippen molar-refractivity contribution in [1.29, 1.82) is 0 Å². The number of esters is 1. The predicted molar refractivity (Wildman–Crippen MR) is 80.9 cm³/mol. The molecule has 2 N–H and O–H groups in total. The Labute approximate surface area is 142 Å². The van der Waals surface area contributed by atoms with Gasteiger partial charge in [0.15, 0.2) is 6.61 Å². The van der Waals surface area contributed by atoms with Gasteiger partial charge < -0.3 is 10.1 Å². The first-order chi connectivity index (χ1) is 11.6. The van der Waals surface area contributed by atoms with Crippen LogP contribution in [0.2, 0.25) is 0 Å². The molecule has 0 fully saturated rings. The zero-order chi connectivity index (χ0) is 19.1. The van der Waals surface area contributed by atoms with Crippen LogP contribution in [0.15, 0.2) is 29.2 Å². The smallest absolute Gasteiger partial charge is 0.416 e. The van der Waals surface area contributed by atoms with E-state index in [-0.39, 0.29) is 19.4 Å². The molecule has 0 aromatic heterocycles. The van der Waals surface area contributed by atoms with Crippen molar-refractivity contribution < 1.29 is 35.9 Å². The third kappa shape index (κ3) is 7.10. The molecule has 1 aromatic rings. The van der Waals surface area contributed by atoms with Gasteiger partial charge in [-0.25, -0.2) is 13.1 Å². The molecule has 1 amide bonds. The molecule has 0 atom stereocenters. The van der Waals surface area contributed by atoms with Crippen molar-refractivity contribution in [2.24, 2.45) is 0 Å². The average Bonchev–Trinajstić information content (AvgIpc) is 2.56. The molecular formula is C14H17F3N2O5S. The van der Waals surface area contributed by atoms with Gasteiger partial charge in [0.1, 0.15) is 0 Å². The van der Waals surface area contributed by atoms with Gasteiger partial charge in [-0.15, -0.1) is 0 Å². The monoisotopic (exact) mass is 382 g/mol. The summed E-state index contributed by atoms with van der Waals surface area (Å²) in [4.78, 5) is 21.7. The summed E-state index contributed by atoms with van der Waals surface area (Å²) in [6, 6.07) is 3.32. The third-order valence-electron chi connectivity index (χ3n) is 2.96. The second-order valence-corrected chi connectivity index (χ2v) is 6.63. The molecule has 1 rings (SSSR count). The van der Waals surface area contributed by atoms with Crippen molar-refractivity contribution in [2.45, 2.75) is 23.9 Å². The summed E-state index contributed by atoms with van der Waals surface area (Å²) >= 11 is 0. The molecule has 0 aliphatic carbocycles. The highest BCUT2D eigenvalue weighted by molar-refractivity contribution is 7.89. The fourth-order valence-electron chi connectivity index (χ4n) is 1.65. The van der Waals surface area contributed by atoms with E-state index in [0.717, 1.165) is 18.2 Å². The molecule has 1 aromatic carbocycles. The number of hydrogen-bond donors (Lipinski definition) is 2. The molecular weight excluding hydrogens is 365 g/mol. The number of carbonyl (C=O) groups excluding carboxylic acids is 2. The van der Waals surface area contributed by atoms with Crippen LogP contribution in [-0.4, -0.2) is 40.5 Å². The van der Waals surface area contributed by atoms with E-state index in [9.17, 15) is 31.2 Å². The predicted octanol–water partition coefficient (Wildman–Crippen LogP) is 1.05. The average molecular weight is 382 g/mol. The number of hydrogen-bond acceptors (Lipinski definition) is 5. The molecule has 0 unspecified atom stereocenters. The second-order valence-electron chi connectivity index (χ2n) is 4.86. The van der Waals surface area contributed by atoms with Crippen LogP contribution in [0, 0.1) is 0 Å². The van der Waals surface area contributed by atoms with E-state index in [1.807, 2.05) is 0 Å². The maximum absolute atomic E-state index is 12.6. The first-order valence-corrected chi connectivity index (χ1v) is 8.57. The normalized spacial score (nSPS) is 11.8. The van der Waals surface area contributed by atoms with Crippen LogP contribution >= 0.6 is 0 Å². The van der Waals surface area contributed by atoms with Gasteiger partial charge in [0.25, 0.3) is 5.91 Å². The van der Waals surface area contributed by atoms with Gasteiger partial charge in [-0.05, 0) is 24.6 Å². The summed E-state index contributed by atoms with van der Waals surface area (Å²) in [7, 11) is -2.76. The number of benzene rings is 1. The maximum Gasteiger partial charge on any atom is 0.416 e. The largest absolute Gasteiger partial charge is 0.456 e. The van der Waals surface area contributed by atoms with E-state index in [1.165, 1.54) is 7.05 Å². The van der Waals surface area contributed by atoms with Gasteiger partial charge in [-0.3, -0.25) is 9.59 Å². The maximum atomic E-state index is 12.6. The van der Waals surface area contributed by atoms with Crippen LogP contribution in [0.25, 0.3) is 0 Å². The van der Waals surface area contributed by atoms with E-state index >= 15 is 0 Å². The summed E-state index contributed by atoms with van der Waals surface area (Å²) in [6.45, 7) is -0.612. The molecule has 11 heteroatoms. The van der Waals surface area contributed by atoms with Crippen molar-refractivity contribution in [3.63, 3.8) is 0 Å². The van der Waals surface area contributed by atoms with Crippen LogP contribution in [0.5, 0.6) is 0 Å². The zero-order valence-corrected chi connectivity index (χ0v) is 14.0. The van der Waals surface area contributed by atoms with E-state index in [4.69, 9.17) is 0 Å². The minimum Gasteiger partial charge on any atom is -0.456 e. The van der Waals surface area contributed by atoms with E-state index in [1.54, 1.807) is 0 Å². The van der Waals surface area contributed by atoms with E-state index in [0.29, 0.717) is 6.07 Å². The Balaban J connectivity index is 2.52. The fraction of sp³-hybridized carbons (Fsp3) is 0.429. The van der Waals surface area contributed by atoms with Gasteiger partial charge in [-0.1, -0.05) is 6.07 Å². The second kappa shape index (κ2) is 8.81. The summed E-state index contributed by atoms with van der Waals surface area (Å²) < 4.78 is 68.5. The molecule has 0 saturated heterocycles. The van der Waals surface area contributed by atoms with E-state index < -0.39 is 45.1 Å². The van der Waals surface area contributed by atoms with Crippen LogP contribution < -0.4 is 10.0 Å². The lowest BCUT2D eigenvalue weighted by Gasteiger charge is -2.10. The molecule has 7 nitrogen and oxygen atoms in total. The lowest BCUT2D eigenvalue weighted by molar-refractivity contribution is -0.148. The first kappa shape index (κ1) is 20.9. The zero-order valence-electron chi connectivity index (χ0n) is 13.2.